The Bertz CT molecular complexity index is 982. The molecular weight excluding hydrogens is 374 g/mol. The van der Waals surface area contributed by atoms with Crippen LogP contribution in [0.25, 0.3) is 11.1 Å². The minimum atomic E-state index is 0.0515. The van der Waals surface area contributed by atoms with Gasteiger partial charge >= 0.3 is 0 Å². The Morgan fingerprint density at radius 2 is 1.83 bits per heavy atom. The second-order valence-corrected chi connectivity index (χ2v) is 7.71. The molecule has 0 atom stereocenters. The first kappa shape index (κ1) is 20.1. The molecule has 0 saturated carbocycles. The predicted molar refractivity (Wildman–Crippen MR) is 119 cm³/mol. The van der Waals surface area contributed by atoms with E-state index in [0.717, 1.165) is 55.0 Å². The van der Waals surface area contributed by atoms with E-state index < -0.39 is 0 Å². The van der Waals surface area contributed by atoms with Crippen LogP contribution in [0.15, 0.2) is 73.1 Å². The molecule has 0 radical (unpaired) electrons. The molecule has 1 fully saturated rings. The molecule has 1 aliphatic heterocycles. The molecular formula is C25H27N3O2. The first-order chi connectivity index (χ1) is 14.7. The number of hydrogen-bond acceptors (Lipinski definition) is 4. The number of pyridine rings is 1. The molecule has 0 unspecified atom stereocenters. The minimum absolute atomic E-state index is 0.0515. The maximum absolute atomic E-state index is 12.8. The van der Waals surface area contributed by atoms with Crippen molar-refractivity contribution in [2.24, 2.45) is 5.92 Å². The largest absolute Gasteiger partial charge is 0.497 e. The van der Waals surface area contributed by atoms with Gasteiger partial charge in [0.15, 0.2) is 0 Å². The fourth-order valence-corrected chi connectivity index (χ4v) is 3.93. The number of amides is 1. The van der Waals surface area contributed by atoms with Crippen molar-refractivity contribution in [3.05, 3.63) is 78.6 Å². The van der Waals surface area contributed by atoms with E-state index in [2.05, 4.69) is 21.3 Å². The fourth-order valence-electron chi connectivity index (χ4n) is 3.93. The lowest BCUT2D eigenvalue weighted by Gasteiger charge is -2.31. The van der Waals surface area contributed by atoms with E-state index in [-0.39, 0.29) is 11.8 Å². The number of rotatable bonds is 6. The Labute approximate surface area is 177 Å². The van der Waals surface area contributed by atoms with Crippen LogP contribution in [0.4, 0.5) is 5.69 Å². The van der Waals surface area contributed by atoms with Crippen LogP contribution in [0.1, 0.15) is 18.4 Å². The number of methoxy groups -OCH3 is 1. The standard InChI is InChI=1S/C25H27N3O2/c1-30-24-9-3-7-22(16-24)21-6-2-8-23(15-21)27-25(29)20-10-13-28(14-11-20)18-19-5-4-12-26-17-19/h2-9,12,15-17,20H,10-11,13-14,18H2,1H3,(H,27,29). The van der Waals surface area contributed by atoms with Crippen LogP contribution < -0.4 is 10.1 Å². The van der Waals surface area contributed by atoms with Crippen LogP contribution in [-0.2, 0) is 11.3 Å². The smallest absolute Gasteiger partial charge is 0.227 e. The first-order valence-electron chi connectivity index (χ1n) is 10.4. The Morgan fingerprint density at radius 1 is 1.07 bits per heavy atom. The second-order valence-electron chi connectivity index (χ2n) is 7.71. The molecule has 3 aromatic rings. The van der Waals surface area contributed by atoms with Crippen molar-refractivity contribution in [3.63, 3.8) is 0 Å². The number of carbonyl (C=O) groups is 1. The molecule has 1 N–H and O–H groups in total. The van der Waals surface area contributed by atoms with Gasteiger partial charge in [0, 0.05) is 30.5 Å². The van der Waals surface area contributed by atoms with Gasteiger partial charge in [0.1, 0.15) is 5.75 Å². The summed E-state index contributed by atoms with van der Waals surface area (Å²) in [6, 6.07) is 20.0. The quantitative estimate of drug-likeness (QED) is 0.655. The number of carbonyl (C=O) groups excluding carboxylic acids is 1. The summed E-state index contributed by atoms with van der Waals surface area (Å²) in [6.45, 7) is 2.75. The average molecular weight is 402 g/mol. The van der Waals surface area contributed by atoms with Gasteiger partial charge in [-0.15, -0.1) is 0 Å². The Balaban J connectivity index is 1.34. The Kier molecular flexibility index (Phi) is 6.40. The van der Waals surface area contributed by atoms with Gasteiger partial charge in [-0.2, -0.15) is 0 Å². The molecule has 4 rings (SSSR count). The van der Waals surface area contributed by atoms with Crippen molar-refractivity contribution in [2.75, 3.05) is 25.5 Å². The highest BCUT2D eigenvalue weighted by atomic mass is 16.5. The summed E-state index contributed by atoms with van der Waals surface area (Å²) in [5.74, 6) is 0.981. The summed E-state index contributed by atoms with van der Waals surface area (Å²) in [7, 11) is 1.66. The van der Waals surface area contributed by atoms with Crippen LogP contribution in [0.2, 0.25) is 0 Å². The molecule has 154 valence electrons. The van der Waals surface area contributed by atoms with E-state index in [4.69, 9.17) is 4.74 Å². The van der Waals surface area contributed by atoms with Crippen LogP contribution in [0, 0.1) is 5.92 Å². The van der Waals surface area contributed by atoms with Crippen molar-refractivity contribution < 1.29 is 9.53 Å². The second kappa shape index (κ2) is 9.55. The third-order valence-electron chi connectivity index (χ3n) is 5.62. The maximum Gasteiger partial charge on any atom is 0.227 e. The number of hydrogen-bond donors (Lipinski definition) is 1. The topological polar surface area (TPSA) is 54.5 Å². The zero-order chi connectivity index (χ0) is 20.8. The number of likely N-dealkylation sites (tertiary alicyclic amines) is 1. The molecule has 1 amide bonds. The summed E-state index contributed by atoms with van der Waals surface area (Å²) in [5, 5.41) is 3.12. The zero-order valence-electron chi connectivity index (χ0n) is 17.3. The first-order valence-corrected chi connectivity index (χ1v) is 10.4. The molecule has 2 aromatic carbocycles. The van der Waals surface area contributed by atoms with Gasteiger partial charge < -0.3 is 10.1 Å². The molecule has 0 bridgehead atoms. The van der Waals surface area contributed by atoms with Gasteiger partial charge in [-0.25, -0.2) is 0 Å². The number of benzene rings is 2. The van der Waals surface area contributed by atoms with Gasteiger partial charge in [0.2, 0.25) is 5.91 Å². The summed E-state index contributed by atoms with van der Waals surface area (Å²) in [5.41, 5.74) is 4.17. The third kappa shape index (κ3) is 5.05. The number of piperidine rings is 1. The highest BCUT2D eigenvalue weighted by Crippen LogP contribution is 2.27. The molecule has 5 nitrogen and oxygen atoms in total. The average Bonchev–Trinajstić information content (AvgIpc) is 2.80. The number of ether oxygens (including phenoxy) is 1. The molecule has 30 heavy (non-hydrogen) atoms. The highest BCUT2D eigenvalue weighted by molar-refractivity contribution is 5.93. The molecule has 5 heteroatoms. The minimum Gasteiger partial charge on any atom is -0.497 e. The number of aromatic nitrogens is 1. The lowest BCUT2D eigenvalue weighted by molar-refractivity contribution is -0.121. The summed E-state index contributed by atoms with van der Waals surface area (Å²) in [6.07, 6.45) is 5.46. The van der Waals surface area contributed by atoms with Crippen LogP contribution >= 0.6 is 0 Å². The summed E-state index contributed by atoms with van der Waals surface area (Å²) in [4.78, 5) is 19.4. The van der Waals surface area contributed by atoms with E-state index >= 15 is 0 Å². The van der Waals surface area contributed by atoms with E-state index in [0.29, 0.717) is 0 Å². The highest BCUT2D eigenvalue weighted by Gasteiger charge is 2.25. The van der Waals surface area contributed by atoms with E-state index in [1.165, 1.54) is 5.56 Å². The van der Waals surface area contributed by atoms with Crippen molar-refractivity contribution in [1.29, 1.82) is 0 Å². The molecule has 1 saturated heterocycles. The van der Waals surface area contributed by atoms with Crippen LogP contribution in [0.3, 0.4) is 0 Å². The van der Waals surface area contributed by atoms with Gasteiger partial charge in [-0.3, -0.25) is 14.7 Å². The zero-order valence-corrected chi connectivity index (χ0v) is 17.3. The van der Waals surface area contributed by atoms with Crippen molar-refractivity contribution >= 4 is 11.6 Å². The van der Waals surface area contributed by atoms with E-state index in [1.807, 2.05) is 60.8 Å². The van der Waals surface area contributed by atoms with Crippen LogP contribution in [-0.4, -0.2) is 36.0 Å². The molecule has 0 spiro atoms. The van der Waals surface area contributed by atoms with E-state index in [9.17, 15) is 4.79 Å². The normalized spacial score (nSPS) is 15.0. The van der Waals surface area contributed by atoms with E-state index in [1.54, 1.807) is 13.3 Å². The SMILES string of the molecule is COc1cccc(-c2cccc(NC(=O)C3CCN(Cc4cccnc4)CC3)c2)c1. The van der Waals surface area contributed by atoms with Crippen molar-refractivity contribution in [2.45, 2.75) is 19.4 Å². The Morgan fingerprint density at radius 3 is 2.57 bits per heavy atom. The molecule has 1 aromatic heterocycles. The lowest BCUT2D eigenvalue weighted by Crippen LogP contribution is -2.37. The summed E-state index contributed by atoms with van der Waals surface area (Å²) < 4.78 is 5.32. The fraction of sp³-hybridized carbons (Fsp3) is 0.280. The molecule has 1 aliphatic rings. The van der Waals surface area contributed by atoms with Gasteiger partial charge in [-0.05, 0) is 73.0 Å². The van der Waals surface area contributed by atoms with Crippen molar-refractivity contribution in [1.82, 2.24) is 9.88 Å². The lowest BCUT2D eigenvalue weighted by atomic mass is 9.95. The Hall–Kier alpha value is -3.18. The third-order valence-corrected chi connectivity index (χ3v) is 5.62. The van der Waals surface area contributed by atoms with Crippen LogP contribution in [0.5, 0.6) is 5.75 Å². The summed E-state index contributed by atoms with van der Waals surface area (Å²) >= 11 is 0. The van der Waals surface area contributed by atoms with Gasteiger partial charge in [0.25, 0.3) is 0 Å². The molecule has 2 heterocycles. The van der Waals surface area contributed by atoms with Gasteiger partial charge in [-0.1, -0.05) is 30.3 Å². The molecule has 0 aliphatic carbocycles. The number of nitrogens with zero attached hydrogens (tertiary/aromatic N) is 2. The number of anilines is 1. The monoisotopic (exact) mass is 401 g/mol. The number of nitrogens with one attached hydrogen (secondary N) is 1. The van der Waals surface area contributed by atoms with Gasteiger partial charge in [0.05, 0.1) is 7.11 Å². The van der Waals surface area contributed by atoms with Crippen molar-refractivity contribution in [3.8, 4) is 16.9 Å². The predicted octanol–water partition coefficient (Wildman–Crippen LogP) is 4.61. The maximum atomic E-state index is 12.8.